The molecule has 0 spiro atoms. The van der Waals surface area contributed by atoms with Gasteiger partial charge in [-0.2, -0.15) is 5.01 Å². The average Bonchev–Trinajstić information content (AvgIpc) is 3.56. The van der Waals surface area contributed by atoms with Gasteiger partial charge in [-0.25, -0.2) is 0 Å². The van der Waals surface area contributed by atoms with Crippen molar-refractivity contribution in [2.75, 3.05) is 24.6 Å². The Morgan fingerprint density at radius 2 is 1.85 bits per heavy atom. The molecule has 2 fully saturated rings. The van der Waals surface area contributed by atoms with Crippen LogP contribution in [0.25, 0.3) is 0 Å². The summed E-state index contributed by atoms with van der Waals surface area (Å²) in [5, 5.41) is 11.5. The number of anilines is 1. The molecule has 9 nitrogen and oxygen atoms in total. The Labute approximate surface area is 198 Å². The number of nitrogen functional groups attached to an aromatic ring is 1. The highest BCUT2D eigenvalue weighted by atomic mass is 16.5. The molecule has 3 atom stereocenters. The Balaban J connectivity index is 1.36. The van der Waals surface area contributed by atoms with Crippen molar-refractivity contribution in [2.24, 2.45) is 11.7 Å². The molecule has 3 N–H and O–H groups in total. The largest absolute Gasteiger partial charge is 0.464 e. The van der Waals surface area contributed by atoms with Crippen molar-refractivity contribution >= 4 is 29.3 Å². The lowest BCUT2D eigenvalue weighted by molar-refractivity contribution is -0.142. The van der Waals surface area contributed by atoms with E-state index in [1.165, 1.54) is 4.90 Å². The summed E-state index contributed by atoms with van der Waals surface area (Å²) < 4.78 is 5.49. The Morgan fingerprint density at radius 1 is 1.12 bits per heavy atom. The zero-order valence-electron chi connectivity index (χ0n) is 19.1. The molecule has 0 aliphatic carbocycles. The maximum atomic E-state index is 13.3. The van der Waals surface area contributed by atoms with Gasteiger partial charge in [-0.1, -0.05) is 30.3 Å². The maximum Gasteiger partial charge on any atom is 0.326 e. The third kappa shape index (κ3) is 5.26. The van der Waals surface area contributed by atoms with Gasteiger partial charge in [0, 0.05) is 30.3 Å². The van der Waals surface area contributed by atoms with Gasteiger partial charge in [0.25, 0.3) is 5.91 Å². The van der Waals surface area contributed by atoms with Crippen LogP contribution in [0.1, 0.15) is 42.1 Å². The summed E-state index contributed by atoms with van der Waals surface area (Å²) in [4.78, 5) is 38.9. The summed E-state index contributed by atoms with van der Waals surface area (Å²) in [6, 6.07) is 15.4. The molecule has 0 bridgehead atoms. The number of piperidine rings is 1. The first-order chi connectivity index (χ1) is 16.3. The molecule has 3 unspecified atom stereocenters. The predicted octanol–water partition coefficient (Wildman–Crippen LogP) is 2.37. The molecule has 178 valence electrons. The van der Waals surface area contributed by atoms with Crippen LogP contribution in [0.4, 0.5) is 5.69 Å². The number of nitrogens with two attached hydrogens (primary N) is 1. The molecule has 2 aromatic carbocycles. The molecule has 2 amide bonds. The first-order valence-corrected chi connectivity index (χ1v) is 11.4. The van der Waals surface area contributed by atoms with Crippen molar-refractivity contribution in [2.45, 2.75) is 32.4 Å². The number of nitrogens with zero attached hydrogens (tertiary/aromatic N) is 3. The molecule has 0 saturated carbocycles. The van der Waals surface area contributed by atoms with Gasteiger partial charge in [0.1, 0.15) is 18.5 Å². The topological polar surface area (TPSA) is 120 Å². The molecule has 34 heavy (non-hydrogen) atoms. The van der Waals surface area contributed by atoms with E-state index in [1.54, 1.807) is 60.5 Å². The van der Waals surface area contributed by atoms with Crippen molar-refractivity contribution in [1.82, 2.24) is 10.0 Å². The highest BCUT2D eigenvalue weighted by Crippen LogP contribution is 2.39. The molecule has 2 saturated heterocycles. The minimum absolute atomic E-state index is 0.0663. The second-order valence-electron chi connectivity index (χ2n) is 8.63. The Kier molecular flexibility index (Phi) is 6.93. The fourth-order valence-corrected chi connectivity index (χ4v) is 4.49. The maximum absolute atomic E-state index is 13.3. The van der Waals surface area contributed by atoms with Crippen molar-refractivity contribution in [1.29, 1.82) is 5.41 Å². The lowest BCUT2D eigenvalue weighted by atomic mass is 9.95. The number of esters is 1. The molecule has 9 heteroatoms. The first-order valence-electron chi connectivity index (χ1n) is 11.4. The number of carbonyl (C=O) groups is 3. The summed E-state index contributed by atoms with van der Waals surface area (Å²) in [5.41, 5.74) is 6.90. The van der Waals surface area contributed by atoms with Crippen molar-refractivity contribution < 1.29 is 19.1 Å². The molecule has 4 rings (SSSR count). The number of para-hydroxylation sites is 1. The van der Waals surface area contributed by atoms with Gasteiger partial charge in [0.05, 0.1) is 6.61 Å². The Hall–Kier alpha value is -3.72. The highest BCUT2D eigenvalue weighted by molar-refractivity contribution is 6.09. The van der Waals surface area contributed by atoms with E-state index >= 15 is 0 Å². The summed E-state index contributed by atoms with van der Waals surface area (Å²) in [7, 11) is 0. The zero-order chi connectivity index (χ0) is 24.2. The van der Waals surface area contributed by atoms with Gasteiger partial charge >= 0.3 is 5.97 Å². The van der Waals surface area contributed by atoms with E-state index in [2.05, 4.69) is 5.01 Å². The van der Waals surface area contributed by atoms with Gasteiger partial charge < -0.3 is 10.5 Å². The number of nitrogens with one attached hydrogen (secondary N) is 1. The molecule has 2 aliphatic rings. The molecular weight excluding hydrogens is 434 g/mol. The molecular formula is C25H29N5O4. The molecule has 2 aliphatic heterocycles. The van der Waals surface area contributed by atoms with E-state index in [4.69, 9.17) is 15.9 Å². The van der Waals surface area contributed by atoms with Crippen LogP contribution in [0, 0.1) is 11.3 Å². The Bertz CT molecular complexity index is 1090. The van der Waals surface area contributed by atoms with Gasteiger partial charge in [-0.05, 0) is 49.4 Å². The third-order valence-electron chi connectivity index (χ3n) is 6.29. The number of hydrazine groups is 1. The Morgan fingerprint density at radius 3 is 2.56 bits per heavy atom. The second-order valence-corrected chi connectivity index (χ2v) is 8.63. The van der Waals surface area contributed by atoms with Crippen LogP contribution in [0.5, 0.6) is 0 Å². The molecule has 2 aromatic rings. The number of amidine groups is 1. The second kappa shape index (κ2) is 10.0. The number of rotatable bonds is 8. The number of hydrogen-bond acceptors (Lipinski definition) is 6. The fraction of sp³-hybridized carbons (Fsp3) is 0.360. The number of ether oxygens (including phenoxy) is 1. The van der Waals surface area contributed by atoms with Gasteiger partial charge in [-0.3, -0.25) is 29.7 Å². The van der Waals surface area contributed by atoms with Crippen LogP contribution >= 0.6 is 0 Å². The summed E-state index contributed by atoms with van der Waals surface area (Å²) in [5.74, 6) is -0.550. The fourth-order valence-electron chi connectivity index (χ4n) is 4.49. The third-order valence-corrected chi connectivity index (χ3v) is 6.29. The lowest BCUT2D eigenvalue weighted by Crippen LogP contribution is -2.37. The lowest BCUT2D eigenvalue weighted by Gasteiger charge is -2.23. The van der Waals surface area contributed by atoms with E-state index < -0.39 is 5.97 Å². The number of carbonyl (C=O) groups excluding carboxylic acids is 3. The first kappa shape index (κ1) is 23.4. The quantitative estimate of drug-likeness (QED) is 0.268. The van der Waals surface area contributed by atoms with E-state index in [0.717, 1.165) is 25.8 Å². The SMILES string of the molecule is CC(=O)N1C2CC(CCOC(=O)CN(C(=O)c3cccc(C(=N)N)c3)c3ccccc3)CCN21. The molecule has 2 heterocycles. The predicted molar refractivity (Wildman–Crippen MR) is 127 cm³/mol. The van der Waals surface area contributed by atoms with Gasteiger partial charge in [0.15, 0.2) is 0 Å². The highest BCUT2D eigenvalue weighted by Gasteiger charge is 2.50. The van der Waals surface area contributed by atoms with Crippen LogP contribution in [0.3, 0.4) is 0 Å². The van der Waals surface area contributed by atoms with Crippen LogP contribution in [-0.2, 0) is 14.3 Å². The van der Waals surface area contributed by atoms with Crippen molar-refractivity contribution in [3.8, 4) is 0 Å². The monoisotopic (exact) mass is 463 g/mol. The summed E-state index contributed by atoms with van der Waals surface area (Å²) in [6.07, 6.45) is 2.75. The van der Waals surface area contributed by atoms with Crippen molar-refractivity contribution in [3.05, 3.63) is 65.7 Å². The van der Waals surface area contributed by atoms with Crippen LogP contribution in [0.2, 0.25) is 0 Å². The zero-order valence-corrected chi connectivity index (χ0v) is 19.1. The smallest absolute Gasteiger partial charge is 0.326 e. The number of amides is 2. The van der Waals surface area contributed by atoms with Crippen LogP contribution in [0.15, 0.2) is 54.6 Å². The van der Waals surface area contributed by atoms with E-state index in [0.29, 0.717) is 22.7 Å². The van der Waals surface area contributed by atoms with Gasteiger partial charge in [0.2, 0.25) is 5.91 Å². The van der Waals surface area contributed by atoms with E-state index in [-0.39, 0.29) is 37.0 Å². The average molecular weight is 464 g/mol. The van der Waals surface area contributed by atoms with Gasteiger partial charge in [-0.15, -0.1) is 0 Å². The summed E-state index contributed by atoms with van der Waals surface area (Å²) in [6.45, 7) is 2.46. The molecule has 0 aromatic heterocycles. The van der Waals surface area contributed by atoms with Crippen LogP contribution in [-0.4, -0.2) is 59.5 Å². The minimum atomic E-state index is -0.492. The van der Waals surface area contributed by atoms with E-state index in [1.807, 2.05) is 6.07 Å². The number of benzene rings is 2. The number of hydrogen-bond donors (Lipinski definition) is 2. The van der Waals surface area contributed by atoms with Crippen molar-refractivity contribution in [3.63, 3.8) is 0 Å². The normalized spacial score (nSPS) is 20.7. The summed E-state index contributed by atoms with van der Waals surface area (Å²) >= 11 is 0. The van der Waals surface area contributed by atoms with Crippen LogP contribution < -0.4 is 10.6 Å². The van der Waals surface area contributed by atoms with E-state index in [9.17, 15) is 14.4 Å². The standard InChI is InChI=1S/C25H29N5O4/c1-17(31)30-22-14-18(10-12-29(22)30)11-13-34-23(32)16-28(21-8-3-2-4-9-21)25(33)20-7-5-6-19(15-20)24(26)27/h2-9,15,18,22H,10-14,16H2,1H3,(H3,26,27). The molecule has 0 radical (unpaired) electrons. The minimum Gasteiger partial charge on any atom is -0.464 e. The number of fused-ring (bicyclic) bond motifs is 1.